The maximum atomic E-state index is 13.8. The number of fused-ring (bicyclic) bond motifs is 1. The van der Waals surface area contributed by atoms with Crippen LogP contribution in [0.5, 0.6) is 11.5 Å². The van der Waals surface area contributed by atoms with E-state index in [0.717, 1.165) is 36.3 Å². The van der Waals surface area contributed by atoms with Gasteiger partial charge in [-0.1, -0.05) is 48.5 Å². The minimum absolute atomic E-state index is 0.0337. The number of aryl methyl sites for hydroxylation is 2. The molecule has 0 saturated heterocycles. The SMILES string of the molecule is COCOc1cc(-c2nc3c(o2)CCC3)c(S(=O)(=O)c2ccccc2)cc1OCc1ccccc1. The Kier molecular flexibility index (Phi) is 6.57. The summed E-state index contributed by atoms with van der Waals surface area (Å²) < 4.78 is 50.5. The molecule has 8 heteroatoms. The number of hydrogen-bond acceptors (Lipinski definition) is 7. The molecule has 0 atom stereocenters. The number of methoxy groups -OCH3 is 1. The van der Waals surface area contributed by atoms with Crippen molar-refractivity contribution in [3.63, 3.8) is 0 Å². The van der Waals surface area contributed by atoms with Gasteiger partial charge in [-0.3, -0.25) is 0 Å². The van der Waals surface area contributed by atoms with E-state index in [1.165, 1.54) is 13.2 Å². The number of nitrogens with zero attached hydrogens (tertiary/aromatic N) is 1. The third-order valence-electron chi connectivity index (χ3n) is 5.78. The van der Waals surface area contributed by atoms with E-state index < -0.39 is 9.84 Å². The summed E-state index contributed by atoms with van der Waals surface area (Å²) in [6, 6.07) is 21.0. The van der Waals surface area contributed by atoms with E-state index in [0.29, 0.717) is 11.3 Å². The van der Waals surface area contributed by atoms with Crippen LogP contribution in [-0.4, -0.2) is 27.3 Å². The molecule has 0 saturated carbocycles. The summed E-state index contributed by atoms with van der Waals surface area (Å²) in [6.07, 6.45) is 2.57. The molecule has 0 amide bonds. The number of benzene rings is 3. The summed E-state index contributed by atoms with van der Waals surface area (Å²) in [7, 11) is -2.41. The second-order valence-corrected chi connectivity index (χ2v) is 10.1. The van der Waals surface area contributed by atoms with E-state index in [1.54, 1.807) is 36.4 Å². The van der Waals surface area contributed by atoms with Gasteiger partial charge < -0.3 is 18.6 Å². The lowest BCUT2D eigenvalue weighted by Gasteiger charge is -2.17. The molecule has 0 unspecified atom stereocenters. The first-order chi connectivity index (χ1) is 17.1. The zero-order valence-electron chi connectivity index (χ0n) is 19.3. The Hall–Kier alpha value is -3.62. The Morgan fingerprint density at radius 1 is 0.914 bits per heavy atom. The molecule has 180 valence electrons. The summed E-state index contributed by atoms with van der Waals surface area (Å²) in [5, 5.41) is 0. The smallest absolute Gasteiger partial charge is 0.227 e. The molecule has 5 rings (SSSR count). The second-order valence-electron chi connectivity index (χ2n) is 8.18. The monoisotopic (exact) mass is 491 g/mol. The largest absolute Gasteiger partial charge is 0.485 e. The first kappa shape index (κ1) is 23.1. The van der Waals surface area contributed by atoms with Gasteiger partial charge in [0.2, 0.25) is 15.7 Å². The van der Waals surface area contributed by atoms with Crippen LogP contribution in [0, 0.1) is 0 Å². The van der Waals surface area contributed by atoms with Gasteiger partial charge >= 0.3 is 0 Å². The summed E-state index contributed by atoms with van der Waals surface area (Å²) >= 11 is 0. The Morgan fingerprint density at radius 2 is 1.63 bits per heavy atom. The topological polar surface area (TPSA) is 87.9 Å². The zero-order chi connectivity index (χ0) is 24.3. The number of sulfone groups is 1. The van der Waals surface area contributed by atoms with Crippen LogP contribution in [0.25, 0.3) is 11.5 Å². The van der Waals surface area contributed by atoms with E-state index in [-0.39, 0.29) is 34.8 Å². The highest BCUT2D eigenvalue weighted by Crippen LogP contribution is 2.41. The molecule has 1 aliphatic carbocycles. The van der Waals surface area contributed by atoms with Crippen LogP contribution < -0.4 is 9.47 Å². The van der Waals surface area contributed by atoms with E-state index in [2.05, 4.69) is 4.98 Å². The summed E-state index contributed by atoms with van der Waals surface area (Å²) in [5.41, 5.74) is 2.12. The fourth-order valence-corrected chi connectivity index (χ4v) is 5.51. The third kappa shape index (κ3) is 4.80. The average molecular weight is 492 g/mol. The summed E-state index contributed by atoms with van der Waals surface area (Å²) in [5.74, 6) is 1.67. The lowest BCUT2D eigenvalue weighted by molar-refractivity contribution is 0.0483. The first-order valence-electron chi connectivity index (χ1n) is 11.3. The average Bonchev–Trinajstić information content (AvgIpc) is 3.50. The fourth-order valence-electron chi connectivity index (χ4n) is 4.05. The molecule has 0 bridgehead atoms. The van der Waals surface area contributed by atoms with Gasteiger partial charge in [-0.2, -0.15) is 0 Å². The van der Waals surface area contributed by atoms with E-state index >= 15 is 0 Å². The standard InChI is InChI=1S/C27H25NO6S/c1-31-18-33-24-15-21(27-28-22-13-8-14-23(22)34-27)26(35(29,30)20-11-6-3-7-12-20)16-25(24)32-17-19-9-4-2-5-10-19/h2-7,9-12,15-16H,8,13-14,17-18H2,1H3. The van der Waals surface area contributed by atoms with Crippen LogP contribution in [0.15, 0.2) is 87.0 Å². The zero-order valence-corrected chi connectivity index (χ0v) is 20.1. The molecule has 4 aromatic rings. The highest BCUT2D eigenvalue weighted by molar-refractivity contribution is 7.91. The van der Waals surface area contributed by atoms with Gasteiger partial charge in [0, 0.05) is 19.6 Å². The van der Waals surface area contributed by atoms with Gasteiger partial charge in [0.1, 0.15) is 12.4 Å². The van der Waals surface area contributed by atoms with Gasteiger partial charge in [-0.05, 0) is 36.6 Å². The van der Waals surface area contributed by atoms with Crippen molar-refractivity contribution in [1.29, 1.82) is 0 Å². The van der Waals surface area contributed by atoms with Gasteiger partial charge in [0.15, 0.2) is 18.3 Å². The number of ether oxygens (including phenoxy) is 3. The minimum atomic E-state index is -3.92. The molecule has 0 radical (unpaired) electrons. The minimum Gasteiger partial charge on any atom is -0.485 e. The highest BCUT2D eigenvalue weighted by Gasteiger charge is 2.29. The Balaban J connectivity index is 1.65. The molecule has 1 aliphatic rings. The lowest BCUT2D eigenvalue weighted by Crippen LogP contribution is -2.08. The second kappa shape index (κ2) is 9.93. The molecule has 3 aromatic carbocycles. The van der Waals surface area contributed by atoms with E-state index in [1.807, 2.05) is 30.3 Å². The number of aromatic nitrogens is 1. The van der Waals surface area contributed by atoms with Gasteiger partial charge in [-0.25, -0.2) is 13.4 Å². The molecule has 1 heterocycles. The van der Waals surface area contributed by atoms with Crippen LogP contribution >= 0.6 is 0 Å². The molecule has 35 heavy (non-hydrogen) atoms. The lowest BCUT2D eigenvalue weighted by atomic mass is 10.2. The van der Waals surface area contributed by atoms with Crippen LogP contribution in [0.3, 0.4) is 0 Å². The van der Waals surface area contributed by atoms with Gasteiger partial charge in [-0.15, -0.1) is 0 Å². The maximum Gasteiger partial charge on any atom is 0.227 e. The molecule has 0 spiro atoms. The van der Waals surface area contributed by atoms with Gasteiger partial charge in [0.05, 0.1) is 21.0 Å². The molecule has 1 aromatic heterocycles. The van der Waals surface area contributed by atoms with Crippen molar-refractivity contribution in [3.05, 3.63) is 89.8 Å². The van der Waals surface area contributed by atoms with Crippen molar-refractivity contribution in [3.8, 4) is 23.0 Å². The van der Waals surface area contributed by atoms with Gasteiger partial charge in [0.25, 0.3) is 0 Å². The molecule has 7 nitrogen and oxygen atoms in total. The fraction of sp³-hybridized carbons (Fsp3) is 0.222. The number of oxazole rings is 1. The normalized spacial score (nSPS) is 12.9. The Bertz CT molecular complexity index is 1390. The van der Waals surface area contributed by atoms with Crippen molar-refractivity contribution in [2.45, 2.75) is 35.7 Å². The summed E-state index contributed by atoms with van der Waals surface area (Å²) in [4.78, 5) is 4.82. The van der Waals surface area contributed by atoms with Crippen molar-refractivity contribution in [2.75, 3.05) is 13.9 Å². The molecular weight excluding hydrogens is 466 g/mol. The predicted molar refractivity (Wildman–Crippen MR) is 129 cm³/mol. The van der Waals surface area contributed by atoms with Crippen molar-refractivity contribution < 1.29 is 27.0 Å². The van der Waals surface area contributed by atoms with Crippen LogP contribution in [0.4, 0.5) is 0 Å². The van der Waals surface area contributed by atoms with E-state index in [9.17, 15) is 8.42 Å². The first-order valence-corrected chi connectivity index (χ1v) is 12.8. The number of hydrogen-bond donors (Lipinski definition) is 0. The Labute approximate surface area is 204 Å². The van der Waals surface area contributed by atoms with Crippen LogP contribution in [-0.2, 0) is 34.0 Å². The highest BCUT2D eigenvalue weighted by atomic mass is 32.2. The number of rotatable bonds is 9. The van der Waals surface area contributed by atoms with Crippen molar-refractivity contribution >= 4 is 9.84 Å². The molecular formula is C27H25NO6S. The van der Waals surface area contributed by atoms with Crippen LogP contribution in [0.2, 0.25) is 0 Å². The molecule has 0 N–H and O–H groups in total. The maximum absolute atomic E-state index is 13.8. The predicted octanol–water partition coefficient (Wildman–Crippen LogP) is 5.22. The van der Waals surface area contributed by atoms with Crippen molar-refractivity contribution in [1.82, 2.24) is 4.98 Å². The van der Waals surface area contributed by atoms with Crippen molar-refractivity contribution in [2.24, 2.45) is 0 Å². The third-order valence-corrected chi connectivity index (χ3v) is 7.59. The molecule has 0 fully saturated rings. The molecule has 0 aliphatic heterocycles. The van der Waals surface area contributed by atoms with Crippen LogP contribution in [0.1, 0.15) is 23.4 Å². The Morgan fingerprint density at radius 3 is 2.34 bits per heavy atom. The van der Waals surface area contributed by atoms with E-state index in [4.69, 9.17) is 18.6 Å². The quantitative estimate of drug-likeness (QED) is 0.297. The summed E-state index contributed by atoms with van der Waals surface area (Å²) in [6.45, 7) is 0.204.